The second-order valence-corrected chi connectivity index (χ2v) is 5.81. The topological polar surface area (TPSA) is 109 Å². The van der Waals surface area contributed by atoms with Crippen LogP contribution >= 0.6 is 0 Å². The number of aryl methyl sites for hydroxylation is 1. The number of rotatable bonds is 3. The summed E-state index contributed by atoms with van der Waals surface area (Å²) < 4.78 is 1.27. The SMILES string of the molecule is CC1=NN(c2ccccn2)C(=O)/C1=N/c1c(C)nn(-c2ccccn2)c1O. The van der Waals surface area contributed by atoms with Crippen molar-refractivity contribution in [3.8, 4) is 11.7 Å². The van der Waals surface area contributed by atoms with Gasteiger partial charge < -0.3 is 5.11 Å². The molecule has 0 aliphatic carbocycles. The summed E-state index contributed by atoms with van der Waals surface area (Å²) in [6, 6.07) is 10.5. The molecule has 134 valence electrons. The molecule has 1 aliphatic heterocycles. The van der Waals surface area contributed by atoms with Crippen LogP contribution in [0.3, 0.4) is 0 Å². The van der Waals surface area contributed by atoms with E-state index < -0.39 is 5.91 Å². The molecule has 0 bridgehead atoms. The largest absolute Gasteiger partial charge is 0.492 e. The first-order valence-electron chi connectivity index (χ1n) is 8.16. The molecule has 0 aromatic carbocycles. The molecule has 4 rings (SSSR count). The van der Waals surface area contributed by atoms with E-state index in [-0.39, 0.29) is 17.3 Å². The third-order valence-corrected chi connectivity index (χ3v) is 3.95. The number of aromatic nitrogens is 4. The molecule has 9 nitrogen and oxygen atoms in total. The Bertz CT molecular complexity index is 1070. The molecule has 0 fully saturated rings. The van der Waals surface area contributed by atoms with E-state index in [0.717, 1.165) is 0 Å². The van der Waals surface area contributed by atoms with Crippen molar-refractivity contribution in [3.63, 3.8) is 0 Å². The van der Waals surface area contributed by atoms with Crippen LogP contribution in [0, 0.1) is 6.92 Å². The van der Waals surface area contributed by atoms with Gasteiger partial charge >= 0.3 is 5.91 Å². The van der Waals surface area contributed by atoms with E-state index >= 15 is 0 Å². The molecule has 27 heavy (non-hydrogen) atoms. The van der Waals surface area contributed by atoms with Crippen LogP contribution in [0.1, 0.15) is 12.6 Å². The maximum atomic E-state index is 12.7. The van der Waals surface area contributed by atoms with Crippen LogP contribution < -0.4 is 5.01 Å². The first kappa shape index (κ1) is 16.6. The normalized spacial score (nSPS) is 15.5. The van der Waals surface area contributed by atoms with Gasteiger partial charge in [0.2, 0.25) is 5.88 Å². The fraction of sp³-hybridized carbons (Fsp3) is 0.111. The fourth-order valence-corrected chi connectivity index (χ4v) is 2.65. The van der Waals surface area contributed by atoms with Crippen molar-refractivity contribution in [2.45, 2.75) is 13.8 Å². The lowest BCUT2D eigenvalue weighted by molar-refractivity contribution is -0.112. The highest BCUT2D eigenvalue weighted by Gasteiger charge is 2.32. The van der Waals surface area contributed by atoms with E-state index in [0.29, 0.717) is 23.0 Å². The Morgan fingerprint density at radius 1 is 1.00 bits per heavy atom. The molecular weight excluding hydrogens is 346 g/mol. The van der Waals surface area contributed by atoms with Crippen LogP contribution in [0.15, 0.2) is 58.9 Å². The third kappa shape index (κ3) is 2.84. The molecule has 0 spiro atoms. The van der Waals surface area contributed by atoms with Gasteiger partial charge in [-0.1, -0.05) is 12.1 Å². The Kier molecular flexibility index (Phi) is 3.96. The second kappa shape index (κ2) is 6.45. The summed E-state index contributed by atoms with van der Waals surface area (Å²) in [5, 5.41) is 20.2. The first-order chi connectivity index (χ1) is 13.1. The average Bonchev–Trinajstić information content (AvgIpc) is 3.14. The number of carbonyl (C=O) groups excluding carboxylic acids is 1. The quantitative estimate of drug-likeness (QED) is 0.769. The Morgan fingerprint density at radius 2 is 1.67 bits per heavy atom. The molecular formula is C18H15N7O2. The minimum absolute atomic E-state index is 0.125. The average molecular weight is 361 g/mol. The van der Waals surface area contributed by atoms with E-state index in [1.807, 2.05) is 0 Å². The predicted molar refractivity (Wildman–Crippen MR) is 99.7 cm³/mol. The number of anilines is 1. The highest BCUT2D eigenvalue weighted by atomic mass is 16.3. The van der Waals surface area contributed by atoms with Crippen LogP contribution in [0.4, 0.5) is 11.5 Å². The Labute approximate surface area is 154 Å². The first-order valence-corrected chi connectivity index (χ1v) is 8.16. The molecule has 4 heterocycles. The number of aromatic hydroxyl groups is 1. The van der Waals surface area contributed by atoms with Gasteiger partial charge in [0.25, 0.3) is 0 Å². The Hall–Kier alpha value is -3.88. The number of hydrogen-bond donors (Lipinski definition) is 1. The number of amides is 1. The third-order valence-electron chi connectivity index (χ3n) is 3.95. The van der Waals surface area contributed by atoms with Gasteiger partial charge in [-0.05, 0) is 38.1 Å². The van der Waals surface area contributed by atoms with E-state index in [2.05, 4.69) is 25.2 Å². The Morgan fingerprint density at radius 3 is 2.30 bits per heavy atom. The van der Waals surface area contributed by atoms with Crippen LogP contribution in [0.2, 0.25) is 0 Å². The van der Waals surface area contributed by atoms with Gasteiger partial charge in [-0.15, -0.1) is 0 Å². The van der Waals surface area contributed by atoms with Gasteiger partial charge in [-0.2, -0.15) is 19.9 Å². The van der Waals surface area contributed by atoms with Crippen molar-refractivity contribution in [1.29, 1.82) is 0 Å². The zero-order valence-corrected chi connectivity index (χ0v) is 14.6. The molecule has 0 unspecified atom stereocenters. The summed E-state index contributed by atoms with van der Waals surface area (Å²) in [4.78, 5) is 25.4. The van der Waals surface area contributed by atoms with Gasteiger partial charge in [0.1, 0.15) is 5.69 Å². The number of aliphatic imine (C=N–C) groups is 1. The lowest BCUT2D eigenvalue weighted by Crippen LogP contribution is -2.27. The number of nitrogens with zero attached hydrogens (tertiary/aromatic N) is 7. The van der Waals surface area contributed by atoms with E-state index in [9.17, 15) is 9.90 Å². The van der Waals surface area contributed by atoms with Crippen LogP contribution in [-0.4, -0.2) is 42.2 Å². The minimum atomic E-state index is -0.421. The molecule has 1 aliphatic rings. The summed E-state index contributed by atoms with van der Waals surface area (Å²) in [6.45, 7) is 3.37. The monoisotopic (exact) mass is 361 g/mol. The smallest absolute Gasteiger partial charge is 0.300 e. The molecule has 0 saturated carbocycles. The van der Waals surface area contributed by atoms with E-state index in [1.165, 1.54) is 9.69 Å². The molecule has 0 radical (unpaired) electrons. The highest BCUT2D eigenvalue weighted by molar-refractivity contribution is 6.71. The number of hydrazone groups is 1. The van der Waals surface area contributed by atoms with Crippen molar-refractivity contribution < 1.29 is 9.90 Å². The molecule has 0 atom stereocenters. The molecule has 9 heteroatoms. The van der Waals surface area contributed by atoms with Gasteiger partial charge in [0.15, 0.2) is 17.3 Å². The predicted octanol–water partition coefficient (Wildman–Crippen LogP) is 2.17. The van der Waals surface area contributed by atoms with Crippen molar-refractivity contribution >= 4 is 28.8 Å². The summed E-state index contributed by atoms with van der Waals surface area (Å²) in [6.07, 6.45) is 3.18. The zero-order valence-electron chi connectivity index (χ0n) is 14.6. The van der Waals surface area contributed by atoms with Crippen molar-refractivity contribution in [2.75, 3.05) is 5.01 Å². The lowest BCUT2D eigenvalue weighted by Gasteiger charge is -2.09. The minimum Gasteiger partial charge on any atom is -0.492 e. The molecule has 3 aromatic heterocycles. The summed E-state index contributed by atoms with van der Waals surface area (Å²) >= 11 is 0. The number of pyridine rings is 2. The van der Waals surface area contributed by atoms with Crippen molar-refractivity contribution in [3.05, 3.63) is 54.5 Å². The summed E-state index contributed by atoms with van der Waals surface area (Å²) in [5.41, 5.74) is 1.21. The molecule has 0 saturated heterocycles. The van der Waals surface area contributed by atoms with Crippen LogP contribution in [0.25, 0.3) is 5.82 Å². The zero-order chi connectivity index (χ0) is 19.0. The Balaban J connectivity index is 1.74. The highest BCUT2D eigenvalue weighted by Crippen LogP contribution is 2.33. The van der Waals surface area contributed by atoms with Crippen molar-refractivity contribution in [2.24, 2.45) is 10.1 Å². The summed E-state index contributed by atoms with van der Waals surface area (Å²) in [5.74, 6) is 0.228. The fourth-order valence-electron chi connectivity index (χ4n) is 2.65. The molecule has 3 aromatic rings. The standard InChI is InChI=1S/C18H15N7O2/c1-11-15(17(26)24(22-11)13-7-3-5-9-19-13)21-16-12(2)23-25(18(16)27)14-8-4-6-10-20-14/h3-10,26H,1-2H3/b21-16+. The second-order valence-electron chi connectivity index (χ2n) is 5.81. The molecule has 1 amide bonds. The number of hydrogen-bond acceptors (Lipinski definition) is 7. The molecule has 1 N–H and O–H groups in total. The van der Waals surface area contributed by atoms with Gasteiger partial charge in [0, 0.05) is 12.4 Å². The van der Waals surface area contributed by atoms with Crippen LogP contribution in [0.5, 0.6) is 5.88 Å². The maximum absolute atomic E-state index is 12.7. The van der Waals surface area contributed by atoms with E-state index in [4.69, 9.17) is 0 Å². The number of carbonyl (C=O) groups is 1. The van der Waals surface area contributed by atoms with Crippen LogP contribution in [-0.2, 0) is 4.79 Å². The van der Waals surface area contributed by atoms with Crippen molar-refractivity contribution in [1.82, 2.24) is 19.7 Å². The van der Waals surface area contributed by atoms with Gasteiger partial charge in [-0.3, -0.25) is 4.79 Å². The van der Waals surface area contributed by atoms with Gasteiger partial charge in [-0.25, -0.2) is 15.0 Å². The maximum Gasteiger partial charge on any atom is 0.300 e. The van der Waals surface area contributed by atoms with E-state index in [1.54, 1.807) is 62.6 Å². The summed E-state index contributed by atoms with van der Waals surface area (Å²) in [7, 11) is 0. The lowest BCUT2D eigenvalue weighted by atomic mass is 10.2. The van der Waals surface area contributed by atoms with Gasteiger partial charge in [0.05, 0.1) is 11.4 Å².